The van der Waals surface area contributed by atoms with E-state index in [2.05, 4.69) is 21.8 Å². The highest BCUT2D eigenvalue weighted by atomic mass is 19.3. The van der Waals surface area contributed by atoms with Gasteiger partial charge >= 0.3 is 0 Å². The first-order chi connectivity index (χ1) is 8.57. The van der Waals surface area contributed by atoms with Gasteiger partial charge in [0.25, 0.3) is 0 Å². The molecule has 2 rings (SSSR count). The number of hydrogen-bond acceptors (Lipinski definition) is 2. The Morgan fingerprint density at radius 2 is 2.17 bits per heavy atom. The third kappa shape index (κ3) is 2.71. The van der Waals surface area contributed by atoms with Crippen molar-refractivity contribution in [3.63, 3.8) is 0 Å². The molecule has 0 aromatic carbocycles. The van der Waals surface area contributed by atoms with Crippen molar-refractivity contribution in [2.45, 2.75) is 51.1 Å². The number of imidazole rings is 1. The molecule has 3 nitrogen and oxygen atoms in total. The van der Waals surface area contributed by atoms with Gasteiger partial charge in [0, 0.05) is 31.8 Å². The summed E-state index contributed by atoms with van der Waals surface area (Å²) in [6.07, 6.45) is 4.85. The van der Waals surface area contributed by atoms with E-state index in [9.17, 15) is 8.78 Å². The smallest absolute Gasteiger partial charge is 0.248 e. The van der Waals surface area contributed by atoms with Gasteiger partial charge in [-0.2, -0.15) is 0 Å². The van der Waals surface area contributed by atoms with Crippen molar-refractivity contribution in [2.75, 3.05) is 7.05 Å². The standard InChI is InChI=1S/C13H21F2N3/c1-3-18-9-8-17-12(18)11(16-2)10-4-6-13(14,15)7-5-10/h8-11,16H,3-7H2,1-2H3. The summed E-state index contributed by atoms with van der Waals surface area (Å²) in [7, 11) is 1.88. The molecule has 1 fully saturated rings. The Morgan fingerprint density at radius 3 is 2.72 bits per heavy atom. The average molecular weight is 257 g/mol. The Labute approximate surface area is 107 Å². The van der Waals surface area contributed by atoms with E-state index in [1.54, 1.807) is 6.20 Å². The minimum atomic E-state index is -2.46. The highest BCUT2D eigenvalue weighted by Crippen LogP contribution is 2.40. The number of nitrogens with zero attached hydrogens (tertiary/aromatic N) is 2. The Balaban J connectivity index is 2.10. The number of nitrogens with one attached hydrogen (secondary N) is 1. The molecular formula is C13H21F2N3. The van der Waals surface area contributed by atoms with E-state index in [4.69, 9.17) is 0 Å². The van der Waals surface area contributed by atoms with E-state index in [0.29, 0.717) is 12.8 Å². The van der Waals surface area contributed by atoms with Crippen molar-refractivity contribution in [1.82, 2.24) is 14.9 Å². The lowest BCUT2D eigenvalue weighted by Crippen LogP contribution is -2.34. The molecule has 102 valence electrons. The molecule has 5 heteroatoms. The zero-order chi connectivity index (χ0) is 13.2. The first kappa shape index (κ1) is 13.5. The fourth-order valence-electron chi connectivity index (χ4n) is 2.84. The van der Waals surface area contributed by atoms with Crippen molar-refractivity contribution in [3.8, 4) is 0 Å². The maximum atomic E-state index is 13.2. The normalized spacial score (nSPS) is 22.0. The van der Waals surface area contributed by atoms with Gasteiger partial charge in [-0.3, -0.25) is 0 Å². The molecule has 0 spiro atoms. The average Bonchev–Trinajstić information content (AvgIpc) is 2.80. The molecule has 1 aromatic heterocycles. The molecule has 1 aliphatic carbocycles. The second-order valence-corrected chi connectivity index (χ2v) is 5.03. The van der Waals surface area contributed by atoms with Gasteiger partial charge in [-0.25, -0.2) is 13.8 Å². The van der Waals surface area contributed by atoms with Crippen molar-refractivity contribution in [2.24, 2.45) is 5.92 Å². The first-order valence-electron chi connectivity index (χ1n) is 6.63. The summed E-state index contributed by atoms with van der Waals surface area (Å²) in [5.74, 6) is -1.24. The van der Waals surface area contributed by atoms with Crippen LogP contribution in [0.2, 0.25) is 0 Å². The van der Waals surface area contributed by atoms with E-state index < -0.39 is 5.92 Å². The van der Waals surface area contributed by atoms with E-state index in [0.717, 1.165) is 12.4 Å². The molecule has 1 N–H and O–H groups in total. The zero-order valence-corrected chi connectivity index (χ0v) is 11.0. The fraction of sp³-hybridized carbons (Fsp3) is 0.769. The fourth-order valence-corrected chi connectivity index (χ4v) is 2.84. The number of alkyl halides is 2. The van der Waals surface area contributed by atoms with Crippen LogP contribution in [0.5, 0.6) is 0 Å². The molecule has 1 aliphatic rings. The molecule has 0 bridgehead atoms. The van der Waals surface area contributed by atoms with Crippen LogP contribution in [0.25, 0.3) is 0 Å². The lowest BCUT2D eigenvalue weighted by molar-refractivity contribution is -0.0499. The Bertz CT molecular complexity index is 379. The summed E-state index contributed by atoms with van der Waals surface area (Å²) >= 11 is 0. The molecule has 1 atom stereocenters. The molecule has 0 radical (unpaired) electrons. The molecule has 1 heterocycles. The molecule has 1 saturated carbocycles. The van der Waals surface area contributed by atoms with Gasteiger partial charge in [-0.05, 0) is 32.7 Å². The summed E-state index contributed by atoms with van der Waals surface area (Å²) < 4.78 is 28.5. The number of halogens is 2. The maximum Gasteiger partial charge on any atom is 0.248 e. The van der Waals surface area contributed by atoms with Crippen molar-refractivity contribution < 1.29 is 8.78 Å². The Kier molecular flexibility index (Phi) is 4.00. The van der Waals surface area contributed by atoms with Gasteiger partial charge < -0.3 is 9.88 Å². The Morgan fingerprint density at radius 1 is 1.50 bits per heavy atom. The summed E-state index contributed by atoms with van der Waals surface area (Å²) in [5.41, 5.74) is 0. The van der Waals surface area contributed by atoms with Crippen LogP contribution in [0.15, 0.2) is 12.4 Å². The van der Waals surface area contributed by atoms with Gasteiger partial charge in [-0.15, -0.1) is 0 Å². The van der Waals surface area contributed by atoms with Crippen LogP contribution in [-0.2, 0) is 6.54 Å². The molecule has 0 amide bonds. The van der Waals surface area contributed by atoms with Crippen molar-refractivity contribution in [3.05, 3.63) is 18.2 Å². The maximum absolute atomic E-state index is 13.2. The topological polar surface area (TPSA) is 29.9 Å². The van der Waals surface area contributed by atoms with Crippen LogP contribution < -0.4 is 5.32 Å². The molecule has 18 heavy (non-hydrogen) atoms. The lowest BCUT2D eigenvalue weighted by atomic mass is 9.81. The molecule has 0 aliphatic heterocycles. The third-order valence-electron chi connectivity index (χ3n) is 3.91. The summed E-state index contributed by atoms with van der Waals surface area (Å²) in [6, 6.07) is 0.0797. The van der Waals surface area contributed by atoms with Crippen molar-refractivity contribution in [1.29, 1.82) is 0 Å². The minimum absolute atomic E-state index is 0.00266. The monoisotopic (exact) mass is 257 g/mol. The quantitative estimate of drug-likeness (QED) is 0.898. The van der Waals surface area contributed by atoms with Crippen LogP contribution in [0.3, 0.4) is 0 Å². The van der Waals surface area contributed by atoms with Gasteiger partial charge in [0.2, 0.25) is 5.92 Å². The second-order valence-electron chi connectivity index (χ2n) is 5.03. The summed E-state index contributed by atoms with van der Waals surface area (Å²) in [4.78, 5) is 4.38. The lowest BCUT2D eigenvalue weighted by Gasteiger charge is -2.33. The largest absolute Gasteiger partial charge is 0.334 e. The third-order valence-corrected chi connectivity index (χ3v) is 3.91. The van der Waals surface area contributed by atoms with E-state index in [1.807, 2.05) is 13.2 Å². The summed E-state index contributed by atoms with van der Waals surface area (Å²) in [5, 5.41) is 3.25. The number of aryl methyl sites for hydroxylation is 1. The van der Waals surface area contributed by atoms with E-state index in [1.165, 1.54) is 0 Å². The van der Waals surface area contributed by atoms with Crippen LogP contribution in [0, 0.1) is 5.92 Å². The summed E-state index contributed by atoms with van der Waals surface area (Å²) in [6.45, 7) is 2.92. The Hall–Kier alpha value is -0.970. The predicted molar refractivity (Wildman–Crippen MR) is 66.6 cm³/mol. The van der Waals surface area contributed by atoms with Gasteiger partial charge in [0.15, 0.2) is 0 Å². The number of hydrogen-bond donors (Lipinski definition) is 1. The van der Waals surface area contributed by atoms with E-state index in [-0.39, 0.29) is 24.8 Å². The minimum Gasteiger partial charge on any atom is -0.334 e. The highest BCUT2D eigenvalue weighted by molar-refractivity contribution is 5.02. The molecule has 0 saturated heterocycles. The van der Waals surface area contributed by atoms with Crippen LogP contribution in [0.1, 0.15) is 44.5 Å². The SMILES string of the molecule is CCn1ccnc1C(NC)C1CCC(F)(F)CC1. The van der Waals surface area contributed by atoms with Crippen LogP contribution in [-0.4, -0.2) is 22.5 Å². The first-order valence-corrected chi connectivity index (χ1v) is 6.63. The van der Waals surface area contributed by atoms with Gasteiger partial charge in [0.05, 0.1) is 6.04 Å². The predicted octanol–water partition coefficient (Wildman–Crippen LogP) is 2.99. The zero-order valence-electron chi connectivity index (χ0n) is 11.0. The van der Waals surface area contributed by atoms with Gasteiger partial charge in [0.1, 0.15) is 5.82 Å². The number of rotatable bonds is 4. The molecule has 1 unspecified atom stereocenters. The van der Waals surface area contributed by atoms with Crippen LogP contribution >= 0.6 is 0 Å². The molecular weight excluding hydrogens is 236 g/mol. The van der Waals surface area contributed by atoms with Gasteiger partial charge in [-0.1, -0.05) is 0 Å². The molecule has 1 aromatic rings. The van der Waals surface area contributed by atoms with E-state index >= 15 is 0 Å². The number of aromatic nitrogens is 2. The van der Waals surface area contributed by atoms with Crippen LogP contribution in [0.4, 0.5) is 8.78 Å². The van der Waals surface area contributed by atoms with Crippen molar-refractivity contribution >= 4 is 0 Å². The second kappa shape index (κ2) is 5.34. The highest BCUT2D eigenvalue weighted by Gasteiger charge is 2.38.